The van der Waals surface area contributed by atoms with Crippen molar-refractivity contribution in [2.24, 2.45) is 16.5 Å². The summed E-state index contributed by atoms with van der Waals surface area (Å²) in [5.74, 6) is -0.121. The Morgan fingerprint density at radius 3 is 2.77 bits per heavy atom. The first kappa shape index (κ1) is 20.4. The number of carbonyl (C=O) groups excluding carboxylic acids is 1. The van der Waals surface area contributed by atoms with Gasteiger partial charge in [-0.05, 0) is 42.9 Å². The molecule has 3 unspecified atom stereocenters. The maximum Gasteiger partial charge on any atom is 0.387 e. The van der Waals surface area contributed by atoms with Gasteiger partial charge in [0, 0.05) is 35.2 Å². The van der Waals surface area contributed by atoms with Gasteiger partial charge in [-0.2, -0.15) is 0 Å². The number of rotatable bonds is 5. The zero-order valence-corrected chi connectivity index (χ0v) is 17.8. The van der Waals surface area contributed by atoms with Crippen molar-refractivity contribution in [1.82, 2.24) is 15.2 Å². The van der Waals surface area contributed by atoms with Crippen molar-refractivity contribution in [1.29, 1.82) is 0 Å². The fourth-order valence-corrected chi connectivity index (χ4v) is 4.63. The zero-order chi connectivity index (χ0) is 21.3. The van der Waals surface area contributed by atoms with Crippen LogP contribution in [0.5, 0.6) is 0 Å². The molecule has 0 aliphatic carbocycles. The quantitative estimate of drug-likeness (QED) is 0.331. The van der Waals surface area contributed by atoms with E-state index >= 15 is 0 Å². The monoisotopic (exact) mass is 410 g/mol. The first-order valence-corrected chi connectivity index (χ1v) is 10.8. The van der Waals surface area contributed by atoms with Crippen molar-refractivity contribution >= 4 is 28.6 Å². The molecule has 8 heteroatoms. The molecule has 3 saturated heterocycles. The summed E-state index contributed by atoms with van der Waals surface area (Å²) in [6.45, 7) is 3.77. The smallest absolute Gasteiger partial charge is 0.365 e. The van der Waals surface area contributed by atoms with Crippen molar-refractivity contribution in [2.45, 2.75) is 50.7 Å². The van der Waals surface area contributed by atoms with Gasteiger partial charge in [0.15, 0.2) is 0 Å². The summed E-state index contributed by atoms with van der Waals surface area (Å²) in [5, 5.41) is 4.23. The molecule has 1 amide bonds. The second kappa shape index (κ2) is 8.47. The number of aliphatic imine (C=N–C) groups is 1. The number of fused-ring (bicyclic) bond motifs is 3. The van der Waals surface area contributed by atoms with Gasteiger partial charge >= 0.3 is 11.9 Å². The van der Waals surface area contributed by atoms with Crippen LogP contribution in [-0.2, 0) is 11.2 Å². The minimum atomic E-state index is -0.365. The van der Waals surface area contributed by atoms with Crippen LogP contribution in [0, 0.1) is 0 Å². The highest BCUT2D eigenvalue weighted by Crippen LogP contribution is 2.28. The molecule has 3 atom stereocenters. The molecule has 3 aliphatic heterocycles. The van der Waals surface area contributed by atoms with Gasteiger partial charge in [-0.15, -0.1) is 0 Å². The van der Waals surface area contributed by atoms with E-state index in [2.05, 4.69) is 46.3 Å². The number of H-pyrrole nitrogens is 1. The SMILES string of the molecule is CCCC(Cc1c[nH]c2ccccc12)NC(=O)C(N)=NC(N)=[N+]1CC2CC(C1)N2C. The summed E-state index contributed by atoms with van der Waals surface area (Å²) in [6.07, 6.45) is 5.77. The minimum Gasteiger partial charge on any atom is -0.365 e. The fourth-order valence-electron chi connectivity index (χ4n) is 4.63. The second-order valence-corrected chi connectivity index (χ2v) is 8.49. The number of piperidine rings is 1. The van der Waals surface area contributed by atoms with Gasteiger partial charge in [0.25, 0.3) is 5.84 Å². The number of nitrogens with zero attached hydrogens (tertiary/aromatic N) is 3. The third-order valence-corrected chi connectivity index (χ3v) is 6.46. The maximum absolute atomic E-state index is 12.7. The molecule has 2 bridgehead atoms. The summed E-state index contributed by atoms with van der Waals surface area (Å²) >= 11 is 0. The first-order valence-electron chi connectivity index (χ1n) is 10.8. The molecule has 0 spiro atoms. The molecular formula is C22H32N7O+. The Morgan fingerprint density at radius 1 is 1.33 bits per heavy atom. The lowest BCUT2D eigenvalue weighted by molar-refractivity contribution is -0.572. The summed E-state index contributed by atoms with van der Waals surface area (Å²) in [7, 11) is 2.14. The zero-order valence-electron chi connectivity index (χ0n) is 17.8. The van der Waals surface area contributed by atoms with Crippen molar-refractivity contribution in [3.8, 4) is 0 Å². The third kappa shape index (κ3) is 4.05. The topological polar surface area (TPSA) is 116 Å². The van der Waals surface area contributed by atoms with Gasteiger partial charge in [0.1, 0.15) is 0 Å². The number of aromatic nitrogens is 1. The summed E-state index contributed by atoms with van der Waals surface area (Å²) in [6, 6.07) is 9.19. The Morgan fingerprint density at radius 2 is 2.07 bits per heavy atom. The van der Waals surface area contributed by atoms with Gasteiger partial charge in [0.05, 0.1) is 13.1 Å². The standard InChI is InChI=1S/C22H31N7O/c1-3-6-15(9-14-11-25-19-8-5-4-7-18(14)19)26-21(30)20(23)27-22(24)29-12-16-10-17(13-29)28(16)2/h4-5,7-8,11,15-17,25H,3,6,9-10,12-13H2,1-2H3,(H4,23,24,26,27,30)/p+1. The Kier molecular flexibility index (Phi) is 5.76. The van der Waals surface area contributed by atoms with E-state index in [-0.39, 0.29) is 17.8 Å². The number of aromatic amines is 1. The number of para-hydroxylation sites is 1. The summed E-state index contributed by atoms with van der Waals surface area (Å²) in [4.78, 5) is 22.6. The lowest BCUT2D eigenvalue weighted by Gasteiger charge is -2.50. The molecule has 6 N–H and O–H groups in total. The Bertz CT molecular complexity index is 978. The van der Waals surface area contributed by atoms with Crippen LogP contribution in [0.3, 0.4) is 0 Å². The third-order valence-electron chi connectivity index (χ3n) is 6.46. The van der Waals surface area contributed by atoms with Crippen LogP contribution in [0.4, 0.5) is 0 Å². The molecule has 2 aromatic rings. The van der Waals surface area contributed by atoms with E-state index in [0.717, 1.165) is 37.9 Å². The molecule has 0 saturated carbocycles. The minimum absolute atomic E-state index is 0.0204. The van der Waals surface area contributed by atoms with Crippen molar-refractivity contribution in [3.05, 3.63) is 36.0 Å². The van der Waals surface area contributed by atoms with Gasteiger partial charge in [-0.25, -0.2) is 0 Å². The second-order valence-electron chi connectivity index (χ2n) is 8.49. The van der Waals surface area contributed by atoms with Crippen LogP contribution < -0.4 is 16.8 Å². The van der Waals surface area contributed by atoms with Gasteiger partial charge in [-0.3, -0.25) is 20.0 Å². The van der Waals surface area contributed by atoms with Crippen LogP contribution >= 0.6 is 0 Å². The molecule has 4 heterocycles. The number of likely N-dealkylation sites (N-methyl/N-ethyl adjacent to an activating group) is 1. The van der Waals surface area contributed by atoms with Gasteiger partial charge in [-0.1, -0.05) is 31.5 Å². The lowest BCUT2D eigenvalue weighted by atomic mass is 9.89. The molecule has 8 nitrogen and oxygen atoms in total. The predicted molar refractivity (Wildman–Crippen MR) is 120 cm³/mol. The summed E-state index contributed by atoms with van der Waals surface area (Å²) in [5.41, 5.74) is 14.4. The van der Waals surface area contributed by atoms with E-state index in [1.165, 1.54) is 17.4 Å². The van der Waals surface area contributed by atoms with Crippen LogP contribution in [-0.4, -0.2) is 70.4 Å². The van der Waals surface area contributed by atoms with Crippen LogP contribution in [0.25, 0.3) is 10.9 Å². The maximum atomic E-state index is 12.7. The Balaban J connectivity index is 1.43. The predicted octanol–water partition coefficient (Wildman–Crippen LogP) is 0.766. The first-order chi connectivity index (χ1) is 14.5. The average Bonchev–Trinajstić information content (AvgIpc) is 3.16. The highest BCUT2D eigenvalue weighted by Gasteiger charge is 2.43. The van der Waals surface area contributed by atoms with Crippen molar-refractivity contribution in [3.63, 3.8) is 0 Å². The fraction of sp³-hybridized carbons (Fsp3) is 0.500. The number of amidine groups is 1. The number of benzene rings is 1. The number of carbonyl (C=O) groups is 1. The number of nitrogens with two attached hydrogens (primary N) is 2. The number of piperazine rings is 1. The number of amides is 1. The molecule has 5 rings (SSSR count). The molecule has 3 aliphatic rings. The van der Waals surface area contributed by atoms with Crippen LogP contribution in [0.1, 0.15) is 31.7 Å². The van der Waals surface area contributed by atoms with Gasteiger partial charge < -0.3 is 16.0 Å². The van der Waals surface area contributed by atoms with Crippen LogP contribution in [0.2, 0.25) is 0 Å². The largest absolute Gasteiger partial charge is 0.387 e. The van der Waals surface area contributed by atoms with E-state index in [4.69, 9.17) is 11.5 Å². The van der Waals surface area contributed by atoms with E-state index in [9.17, 15) is 4.79 Å². The van der Waals surface area contributed by atoms with Gasteiger partial charge in [0.2, 0.25) is 0 Å². The molecule has 1 aromatic carbocycles. The average molecular weight is 411 g/mol. The number of hydrogen-bond donors (Lipinski definition) is 4. The lowest BCUT2D eigenvalue weighted by Crippen LogP contribution is -2.66. The Hall–Kier alpha value is -2.87. The van der Waals surface area contributed by atoms with Crippen molar-refractivity contribution in [2.75, 3.05) is 20.1 Å². The number of hydrogen-bond acceptors (Lipinski definition) is 2. The van der Waals surface area contributed by atoms with E-state index in [1.807, 2.05) is 22.9 Å². The van der Waals surface area contributed by atoms with E-state index in [0.29, 0.717) is 18.0 Å². The van der Waals surface area contributed by atoms with Crippen LogP contribution in [0.15, 0.2) is 35.5 Å². The molecule has 0 radical (unpaired) electrons. The normalized spacial score (nSPS) is 22.6. The van der Waals surface area contributed by atoms with E-state index < -0.39 is 0 Å². The number of nitrogens with one attached hydrogen (secondary N) is 2. The molecule has 30 heavy (non-hydrogen) atoms. The molecular weight excluding hydrogens is 378 g/mol. The van der Waals surface area contributed by atoms with E-state index in [1.54, 1.807) is 0 Å². The summed E-state index contributed by atoms with van der Waals surface area (Å²) < 4.78 is 2.02. The van der Waals surface area contributed by atoms with Crippen molar-refractivity contribution < 1.29 is 9.37 Å². The molecule has 160 valence electrons. The highest BCUT2D eigenvalue weighted by molar-refractivity contribution is 6.38. The Labute approximate surface area is 177 Å². The highest BCUT2D eigenvalue weighted by atomic mass is 16.2. The number of guanidine groups is 1. The molecule has 3 fully saturated rings. The molecule has 1 aromatic heterocycles.